The average Bonchev–Trinajstić information content (AvgIpc) is 2.57. The molecule has 0 aliphatic carbocycles. The van der Waals surface area contributed by atoms with Gasteiger partial charge in [0.15, 0.2) is 0 Å². The van der Waals surface area contributed by atoms with Crippen LogP contribution in [0.2, 0.25) is 0 Å². The molecule has 0 aromatic carbocycles. The first-order valence-electron chi connectivity index (χ1n) is 7.00. The molecule has 11 heavy (non-hydrogen) atoms. The lowest BCUT2D eigenvalue weighted by atomic mass is 9.94. The van der Waals surface area contributed by atoms with Gasteiger partial charge in [-0.05, 0) is 45.4 Å². The van der Waals surface area contributed by atoms with E-state index in [1.807, 2.05) is 0 Å². The van der Waals surface area contributed by atoms with Gasteiger partial charge < -0.3 is 10.4 Å². The number of hydrogen-bond acceptors (Lipinski definition) is 2. The molecule has 2 heteroatoms. The summed E-state index contributed by atoms with van der Waals surface area (Å²) in [4.78, 5) is 0. The Balaban J connectivity index is 2.84. The van der Waals surface area contributed by atoms with Crippen molar-refractivity contribution in [2.75, 3.05) is 13.2 Å². The van der Waals surface area contributed by atoms with Gasteiger partial charge in [0, 0.05) is 20.4 Å². The van der Waals surface area contributed by atoms with E-state index >= 15 is 0 Å². The normalized spacial score (nSPS) is 39.5. The highest BCUT2D eigenvalue weighted by Crippen LogP contribution is 2.26. The van der Waals surface area contributed by atoms with Crippen LogP contribution in [0.5, 0.6) is 0 Å². The van der Waals surface area contributed by atoms with Crippen molar-refractivity contribution >= 4 is 0 Å². The van der Waals surface area contributed by atoms with Crippen LogP contribution < -0.4 is 5.32 Å². The van der Waals surface area contributed by atoms with Crippen LogP contribution in [0.3, 0.4) is 0 Å². The van der Waals surface area contributed by atoms with Gasteiger partial charge in [0.2, 0.25) is 0 Å². The van der Waals surface area contributed by atoms with E-state index in [1.54, 1.807) is 0 Å². The maximum atomic E-state index is 8.73. The molecule has 1 rings (SSSR count). The largest absolute Gasteiger partial charge is 0.396 e. The van der Waals surface area contributed by atoms with Crippen molar-refractivity contribution in [3.8, 4) is 0 Å². The fraction of sp³-hybridized carbons (Fsp3) is 1.00. The third-order valence-corrected chi connectivity index (χ3v) is 2.06. The third-order valence-electron chi connectivity index (χ3n) is 2.06. The molecular weight excluding hydrogens is 138 g/mol. The first kappa shape index (κ1) is 3.75. The summed E-state index contributed by atoms with van der Waals surface area (Å²) in [5, 5.41) is 11.4. The molecule has 0 amide bonds. The summed E-state index contributed by atoms with van der Waals surface area (Å²) in [5.74, 6) is 0.00278. The molecule has 66 valence electrons. The molecule has 0 unspecified atom stereocenters. The van der Waals surface area contributed by atoms with E-state index < -0.39 is 19.2 Å². The van der Waals surface area contributed by atoms with Gasteiger partial charge in [-0.1, -0.05) is 0 Å². The first-order valence-corrected chi connectivity index (χ1v) is 4.00. The van der Waals surface area contributed by atoms with Crippen molar-refractivity contribution in [3.05, 3.63) is 0 Å². The minimum Gasteiger partial charge on any atom is -0.396 e. The van der Waals surface area contributed by atoms with Crippen LogP contribution >= 0.6 is 0 Å². The summed E-state index contributed by atoms with van der Waals surface area (Å²) in [6, 6.07) is 0. The molecule has 1 fully saturated rings. The third kappa shape index (κ3) is 2.80. The van der Waals surface area contributed by atoms with Gasteiger partial charge in [0.1, 0.15) is 0 Å². The lowest BCUT2D eigenvalue weighted by Gasteiger charge is -2.17. The number of hydrogen-bond donors (Lipinski definition) is 2. The van der Waals surface area contributed by atoms with Gasteiger partial charge in [-0.25, -0.2) is 0 Å². The summed E-state index contributed by atoms with van der Waals surface area (Å²) in [6.07, 6.45) is 1.34. The Morgan fingerprint density at radius 2 is 2.55 bits per heavy atom. The minimum atomic E-state index is -2.55. The van der Waals surface area contributed by atoms with Crippen LogP contribution in [-0.2, 0) is 0 Å². The molecule has 2 nitrogen and oxygen atoms in total. The smallest absolute Gasteiger partial charge is 0.0431 e. The van der Waals surface area contributed by atoms with Crippen LogP contribution in [0.25, 0.3) is 0 Å². The maximum Gasteiger partial charge on any atom is 0.0431 e. The fourth-order valence-electron chi connectivity index (χ4n) is 1.48. The van der Waals surface area contributed by atoms with Gasteiger partial charge in [0.05, 0.1) is 0 Å². The number of aliphatic hydroxyl groups excluding tert-OH is 1. The second kappa shape index (κ2) is 3.55. The quantitative estimate of drug-likeness (QED) is 0.654. The lowest BCUT2D eigenvalue weighted by molar-refractivity contribution is 0.272. The molecule has 0 spiro atoms. The SMILES string of the molecule is [2H]C([2H])([2H])C1(C([2H])([2H])[2H])C[C@H](CCCO)CN1. The second-order valence-corrected chi connectivity index (χ2v) is 3.22. The van der Waals surface area contributed by atoms with Crippen molar-refractivity contribution in [3.63, 3.8) is 0 Å². The number of aliphatic hydroxyl groups is 1. The average molecular weight is 163 g/mol. The zero-order valence-corrected chi connectivity index (χ0v) is 6.56. The Labute approximate surface area is 77.4 Å². The van der Waals surface area contributed by atoms with Crippen molar-refractivity contribution in [1.29, 1.82) is 0 Å². The Hall–Kier alpha value is -0.0800. The molecule has 0 radical (unpaired) electrons. The summed E-state index contributed by atoms with van der Waals surface area (Å²) in [7, 11) is 0. The second-order valence-electron chi connectivity index (χ2n) is 3.22. The summed E-state index contributed by atoms with van der Waals surface area (Å²) in [5.41, 5.74) is -1.79. The fourth-order valence-corrected chi connectivity index (χ4v) is 1.48. The zero-order chi connectivity index (χ0) is 13.3. The summed E-state index contributed by atoms with van der Waals surface area (Å²) >= 11 is 0. The van der Waals surface area contributed by atoms with Crippen LogP contribution in [0.15, 0.2) is 0 Å². The minimum absolute atomic E-state index is 0.00278. The molecule has 2 N–H and O–H groups in total. The van der Waals surface area contributed by atoms with Crippen LogP contribution in [0.1, 0.15) is 41.2 Å². The highest BCUT2D eigenvalue weighted by molar-refractivity contribution is 4.88. The van der Waals surface area contributed by atoms with Crippen molar-refractivity contribution in [2.24, 2.45) is 5.92 Å². The van der Waals surface area contributed by atoms with Crippen LogP contribution in [-0.4, -0.2) is 23.8 Å². The summed E-state index contributed by atoms with van der Waals surface area (Å²) < 4.78 is 44.8. The summed E-state index contributed by atoms with van der Waals surface area (Å²) in [6.45, 7) is -4.67. The highest BCUT2D eigenvalue weighted by atomic mass is 16.2. The Morgan fingerprint density at radius 3 is 3.09 bits per heavy atom. The number of rotatable bonds is 3. The van der Waals surface area contributed by atoms with Gasteiger partial charge in [0.25, 0.3) is 0 Å². The van der Waals surface area contributed by atoms with E-state index in [-0.39, 0.29) is 18.9 Å². The highest BCUT2D eigenvalue weighted by Gasteiger charge is 2.29. The molecule has 1 saturated heterocycles. The molecule has 1 aliphatic heterocycles. The van der Waals surface area contributed by atoms with Gasteiger partial charge in [-0.15, -0.1) is 0 Å². The van der Waals surface area contributed by atoms with Crippen molar-refractivity contribution < 1.29 is 13.3 Å². The van der Waals surface area contributed by atoms with E-state index in [4.69, 9.17) is 13.3 Å². The van der Waals surface area contributed by atoms with Gasteiger partial charge >= 0.3 is 0 Å². The van der Waals surface area contributed by atoms with Crippen LogP contribution in [0.4, 0.5) is 0 Å². The molecule has 1 heterocycles. The first-order chi connectivity index (χ1) is 7.64. The van der Waals surface area contributed by atoms with E-state index in [0.717, 1.165) is 0 Å². The van der Waals surface area contributed by atoms with Gasteiger partial charge in [-0.3, -0.25) is 0 Å². The monoisotopic (exact) mass is 163 g/mol. The van der Waals surface area contributed by atoms with E-state index in [2.05, 4.69) is 5.32 Å². The van der Waals surface area contributed by atoms with Gasteiger partial charge in [-0.2, -0.15) is 0 Å². The molecule has 1 aliphatic rings. The molecule has 0 aromatic heterocycles. The topological polar surface area (TPSA) is 32.3 Å². The predicted molar refractivity (Wildman–Crippen MR) is 46.5 cm³/mol. The molecule has 0 bridgehead atoms. The molecule has 0 saturated carbocycles. The molecular formula is C9H19NO. The molecule has 1 atom stereocenters. The standard InChI is InChI=1S/C9H19NO/c1-9(2)6-8(7-10-9)4-3-5-11/h8,10-11H,3-7H2,1-2H3/t8-/m0/s1/i1D3,2D3. The van der Waals surface area contributed by atoms with Crippen molar-refractivity contribution in [2.45, 2.75) is 38.5 Å². The van der Waals surface area contributed by atoms with E-state index in [0.29, 0.717) is 19.4 Å². The molecule has 0 aromatic rings. The lowest BCUT2D eigenvalue weighted by Crippen LogP contribution is -2.31. The van der Waals surface area contributed by atoms with E-state index in [1.165, 1.54) is 0 Å². The predicted octanol–water partition coefficient (Wildman–Crippen LogP) is 1.15. The Kier molecular flexibility index (Phi) is 1.21. The Bertz CT molecular complexity index is 247. The zero-order valence-electron chi connectivity index (χ0n) is 12.6. The van der Waals surface area contributed by atoms with Crippen molar-refractivity contribution in [1.82, 2.24) is 5.32 Å². The maximum absolute atomic E-state index is 8.73. The van der Waals surface area contributed by atoms with Crippen LogP contribution in [0, 0.1) is 5.92 Å². The number of nitrogens with one attached hydrogen (secondary N) is 1. The Morgan fingerprint density at radius 1 is 1.73 bits per heavy atom. The van der Waals surface area contributed by atoms with E-state index in [9.17, 15) is 0 Å².